The Kier molecular flexibility index (Phi) is 6.23. The minimum absolute atomic E-state index is 0.0308. The van der Waals surface area contributed by atoms with Crippen LogP contribution in [0.1, 0.15) is 58.8 Å². The molecule has 1 saturated carbocycles. The van der Waals surface area contributed by atoms with Gasteiger partial charge in [0.25, 0.3) is 0 Å². The van der Waals surface area contributed by atoms with Crippen LogP contribution in [0.5, 0.6) is 0 Å². The molecule has 0 bridgehead atoms. The van der Waals surface area contributed by atoms with Crippen molar-refractivity contribution < 1.29 is 14.3 Å². The first-order valence-electron chi connectivity index (χ1n) is 6.85. The summed E-state index contributed by atoms with van der Waals surface area (Å²) in [5.41, 5.74) is 0. The highest BCUT2D eigenvalue weighted by Gasteiger charge is 2.27. The zero-order chi connectivity index (χ0) is 12.7. The van der Waals surface area contributed by atoms with Crippen LogP contribution in [0.15, 0.2) is 0 Å². The Hall–Kier alpha value is -0.860. The molecule has 98 valence electrons. The summed E-state index contributed by atoms with van der Waals surface area (Å²) in [6.07, 6.45) is 6.69. The van der Waals surface area contributed by atoms with Gasteiger partial charge in [-0.05, 0) is 38.5 Å². The van der Waals surface area contributed by atoms with E-state index >= 15 is 0 Å². The van der Waals surface area contributed by atoms with Crippen LogP contribution in [0.3, 0.4) is 0 Å². The summed E-state index contributed by atoms with van der Waals surface area (Å²) in [6, 6.07) is 0. The molecule has 0 heterocycles. The smallest absolute Gasteiger partial charge is 0.313 e. The summed E-state index contributed by atoms with van der Waals surface area (Å²) < 4.78 is 4.80. The van der Waals surface area contributed by atoms with Crippen molar-refractivity contribution in [1.29, 1.82) is 0 Å². The van der Waals surface area contributed by atoms with Crippen LogP contribution < -0.4 is 0 Å². The van der Waals surface area contributed by atoms with E-state index in [2.05, 4.69) is 6.92 Å². The van der Waals surface area contributed by atoms with E-state index in [1.165, 1.54) is 12.8 Å². The first-order valence-corrected chi connectivity index (χ1v) is 6.85. The highest BCUT2D eigenvalue weighted by Crippen LogP contribution is 2.32. The minimum Gasteiger partial charge on any atom is -0.466 e. The number of Topliss-reactive ketones (excluding diaryl/α,β-unsaturated/α-hetero) is 1. The van der Waals surface area contributed by atoms with Crippen molar-refractivity contribution in [3.63, 3.8) is 0 Å². The van der Waals surface area contributed by atoms with E-state index in [0.717, 1.165) is 31.6 Å². The lowest BCUT2D eigenvalue weighted by Crippen LogP contribution is -2.24. The highest BCUT2D eigenvalue weighted by molar-refractivity contribution is 5.96. The van der Waals surface area contributed by atoms with Gasteiger partial charge in [-0.15, -0.1) is 0 Å². The molecular formula is C14H24O3. The largest absolute Gasteiger partial charge is 0.466 e. The minimum atomic E-state index is -0.367. The van der Waals surface area contributed by atoms with E-state index in [-0.39, 0.29) is 24.1 Å². The van der Waals surface area contributed by atoms with Gasteiger partial charge in [0.05, 0.1) is 6.61 Å². The van der Waals surface area contributed by atoms with Gasteiger partial charge in [0, 0.05) is 5.92 Å². The van der Waals surface area contributed by atoms with E-state index in [1.54, 1.807) is 6.92 Å². The van der Waals surface area contributed by atoms with Crippen molar-refractivity contribution in [1.82, 2.24) is 0 Å². The molecule has 0 aromatic rings. The lowest BCUT2D eigenvalue weighted by atomic mass is 9.78. The molecule has 0 aliphatic heterocycles. The molecule has 0 aromatic heterocycles. The van der Waals surface area contributed by atoms with Crippen LogP contribution in [0.25, 0.3) is 0 Å². The number of esters is 1. The molecule has 3 heteroatoms. The topological polar surface area (TPSA) is 43.4 Å². The van der Waals surface area contributed by atoms with Crippen LogP contribution in [0.4, 0.5) is 0 Å². The van der Waals surface area contributed by atoms with E-state index < -0.39 is 0 Å². The number of hydrogen-bond donors (Lipinski definition) is 0. The number of ether oxygens (including phenoxy) is 1. The van der Waals surface area contributed by atoms with Crippen molar-refractivity contribution >= 4 is 11.8 Å². The Balaban J connectivity index is 2.28. The first-order chi connectivity index (χ1) is 8.17. The summed E-state index contributed by atoms with van der Waals surface area (Å²) in [5.74, 6) is 0.616. The number of carbonyl (C=O) groups excluding carboxylic acids is 2. The lowest BCUT2D eigenvalue weighted by molar-refractivity contribution is -0.146. The van der Waals surface area contributed by atoms with Crippen LogP contribution in [-0.2, 0) is 14.3 Å². The van der Waals surface area contributed by atoms with Gasteiger partial charge >= 0.3 is 5.97 Å². The van der Waals surface area contributed by atoms with Gasteiger partial charge < -0.3 is 4.74 Å². The zero-order valence-corrected chi connectivity index (χ0v) is 11.0. The molecule has 17 heavy (non-hydrogen) atoms. The van der Waals surface area contributed by atoms with Gasteiger partial charge in [0.15, 0.2) is 0 Å². The second-order valence-electron chi connectivity index (χ2n) is 4.95. The van der Waals surface area contributed by atoms with Crippen molar-refractivity contribution in [2.24, 2.45) is 11.8 Å². The molecule has 0 spiro atoms. The summed E-state index contributed by atoms with van der Waals surface area (Å²) >= 11 is 0. The second-order valence-corrected chi connectivity index (χ2v) is 4.95. The predicted octanol–water partition coefficient (Wildman–Crippen LogP) is 3.12. The standard InChI is InChI=1S/C14H24O3/c1-3-5-11-6-8-12(9-7-11)13(15)10-14(16)17-4-2/h11-12H,3-10H2,1-2H3. The molecule has 0 saturated heterocycles. The van der Waals surface area contributed by atoms with Crippen molar-refractivity contribution in [2.45, 2.75) is 58.8 Å². The molecule has 0 unspecified atom stereocenters. The molecule has 0 atom stereocenters. The van der Waals surface area contributed by atoms with E-state index in [1.807, 2.05) is 0 Å². The highest BCUT2D eigenvalue weighted by atomic mass is 16.5. The molecule has 0 radical (unpaired) electrons. The summed E-state index contributed by atoms with van der Waals surface area (Å²) in [4.78, 5) is 23.1. The molecule has 0 N–H and O–H groups in total. The molecule has 0 amide bonds. The fraction of sp³-hybridized carbons (Fsp3) is 0.857. The Morgan fingerprint density at radius 3 is 2.29 bits per heavy atom. The molecule has 1 rings (SSSR count). The second kappa shape index (κ2) is 7.46. The maximum Gasteiger partial charge on any atom is 0.313 e. The van der Waals surface area contributed by atoms with Gasteiger partial charge in [0.1, 0.15) is 12.2 Å². The van der Waals surface area contributed by atoms with Crippen molar-refractivity contribution in [3.8, 4) is 0 Å². The lowest BCUT2D eigenvalue weighted by Gasteiger charge is -2.27. The van der Waals surface area contributed by atoms with E-state index in [9.17, 15) is 9.59 Å². The third kappa shape index (κ3) is 4.88. The Morgan fingerprint density at radius 1 is 1.12 bits per heavy atom. The maximum atomic E-state index is 11.8. The SMILES string of the molecule is CCCC1CCC(C(=O)CC(=O)OCC)CC1. The Morgan fingerprint density at radius 2 is 1.76 bits per heavy atom. The number of carbonyl (C=O) groups is 2. The summed E-state index contributed by atoms with van der Waals surface area (Å²) in [5, 5.41) is 0. The van der Waals surface area contributed by atoms with Crippen molar-refractivity contribution in [2.75, 3.05) is 6.61 Å². The quantitative estimate of drug-likeness (QED) is 0.529. The molecule has 3 nitrogen and oxygen atoms in total. The average molecular weight is 240 g/mol. The number of hydrogen-bond acceptors (Lipinski definition) is 3. The monoisotopic (exact) mass is 240 g/mol. The Bertz CT molecular complexity index is 252. The number of ketones is 1. The van der Waals surface area contributed by atoms with Gasteiger partial charge in [-0.3, -0.25) is 9.59 Å². The molecule has 1 fully saturated rings. The fourth-order valence-electron chi connectivity index (χ4n) is 2.68. The van der Waals surface area contributed by atoms with Crippen molar-refractivity contribution in [3.05, 3.63) is 0 Å². The van der Waals surface area contributed by atoms with Crippen LogP contribution in [0.2, 0.25) is 0 Å². The molecule has 0 aromatic carbocycles. The molecule has 1 aliphatic carbocycles. The van der Waals surface area contributed by atoms with Crippen LogP contribution in [-0.4, -0.2) is 18.4 Å². The van der Waals surface area contributed by atoms with Gasteiger partial charge in [0.2, 0.25) is 0 Å². The summed E-state index contributed by atoms with van der Waals surface area (Å²) in [7, 11) is 0. The molecule has 1 aliphatic rings. The Labute approximate surface area is 104 Å². The van der Waals surface area contributed by atoms with E-state index in [4.69, 9.17) is 4.74 Å². The normalized spacial score (nSPS) is 24.4. The van der Waals surface area contributed by atoms with Gasteiger partial charge in [-0.1, -0.05) is 19.8 Å². The first kappa shape index (κ1) is 14.2. The van der Waals surface area contributed by atoms with Gasteiger partial charge in [-0.25, -0.2) is 0 Å². The van der Waals surface area contributed by atoms with E-state index in [0.29, 0.717) is 6.61 Å². The molecular weight excluding hydrogens is 216 g/mol. The maximum absolute atomic E-state index is 11.8. The summed E-state index contributed by atoms with van der Waals surface area (Å²) in [6.45, 7) is 4.33. The third-order valence-corrected chi connectivity index (χ3v) is 3.62. The zero-order valence-electron chi connectivity index (χ0n) is 11.0. The van der Waals surface area contributed by atoms with Crippen LogP contribution >= 0.6 is 0 Å². The fourth-order valence-corrected chi connectivity index (χ4v) is 2.68. The predicted molar refractivity (Wildman–Crippen MR) is 66.6 cm³/mol. The van der Waals surface area contributed by atoms with Gasteiger partial charge in [-0.2, -0.15) is 0 Å². The third-order valence-electron chi connectivity index (χ3n) is 3.62. The van der Waals surface area contributed by atoms with Crippen LogP contribution in [0, 0.1) is 11.8 Å². The number of rotatable bonds is 6. The average Bonchev–Trinajstić information content (AvgIpc) is 2.30.